The number of aliphatic hydroxyl groups excluding tert-OH is 1. The number of carbonyl (C=O) groups is 1. The quantitative estimate of drug-likeness (QED) is 0.830. The van der Waals surface area contributed by atoms with Crippen LogP contribution in [-0.4, -0.2) is 36.3 Å². The zero-order valence-electron chi connectivity index (χ0n) is 11.9. The number of hydrogen-bond donors (Lipinski definition) is 2. The molecule has 2 bridgehead atoms. The van der Waals surface area contributed by atoms with Crippen molar-refractivity contribution in [2.45, 2.75) is 24.9 Å². The molecule has 0 saturated carbocycles. The Morgan fingerprint density at radius 1 is 1.43 bits per heavy atom. The summed E-state index contributed by atoms with van der Waals surface area (Å²) < 4.78 is 4.66. The van der Waals surface area contributed by atoms with Gasteiger partial charge in [-0.25, -0.2) is 4.79 Å². The van der Waals surface area contributed by atoms with Gasteiger partial charge in [0.25, 0.3) is 0 Å². The number of aromatic amines is 1. The van der Waals surface area contributed by atoms with Crippen LogP contribution in [0.5, 0.6) is 0 Å². The highest BCUT2D eigenvalue weighted by Gasteiger charge is 2.35. The molecule has 21 heavy (non-hydrogen) atoms. The van der Waals surface area contributed by atoms with Gasteiger partial charge < -0.3 is 19.7 Å². The summed E-state index contributed by atoms with van der Waals surface area (Å²) in [5.74, 6) is 1.12. The van der Waals surface area contributed by atoms with Crippen LogP contribution in [0.3, 0.4) is 0 Å². The molecule has 5 heteroatoms. The summed E-state index contributed by atoms with van der Waals surface area (Å²) in [6, 6.07) is 5.75. The van der Waals surface area contributed by atoms with Crippen LogP contribution in [0.2, 0.25) is 0 Å². The third-order valence-corrected chi connectivity index (χ3v) is 4.82. The summed E-state index contributed by atoms with van der Waals surface area (Å²) in [5.41, 5.74) is 2.80. The first-order valence-electron chi connectivity index (χ1n) is 7.36. The van der Waals surface area contributed by atoms with Crippen molar-refractivity contribution in [2.75, 3.05) is 25.1 Å². The van der Waals surface area contributed by atoms with E-state index in [0.717, 1.165) is 29.8 Å². The molecule has 5 rings (SSSR count). The number of fused-ring (bicyclic) bond motifs is 3. The summed E-state index contributed by atoms with van der Waals surface area (Å²) in [4.78, 5) is 17.4. The van der Waals surface area contributed by atoms with Crippen molar-refractivity contribution in [1.82, 2.24) is 4.98 Å². The highest BCUT2D eigenvalue weighted by atomic mass is 16.5. The Balaban J connectivity index is 1.92. The van der Waals surface area contributed by atoms with E-state index in [2.05, 4.69) is 20.7 Å². The van der Waals surface area contributed by atoms with Gasteiger partial charge in [-0.2, -0.15) is 0 Å². The Hall–Kier alpha value is -2.01. The first kappa shape index (κ1) is 12.7. The van der Waals surface area contributed by atoms with Crippen molar-refractivity contribution < 1.29 is 14.6 Å². The van der Waals surface area contributed by atoms with Crippen LogP contribution in [0.25, 0.3) is 10.9 Å². The number of carbonyl (C=O) groups excluding carboxylic acids is 1. The van der Waals surface area contributed by atoms with Crippen LogP contribution < -0.4 is 4.90 Å². The van der Waals surface area contributed by atoms with Crippen molar-refractivity contribution in [1.29, 1.82) is 0 Å². The maximum Gasteiger partial charge on any atom is 0.339 e. The number of esters is 1. The number of rotatable bonds is 2. The smallest absolute Gasteiger partial charge is 0.339 e. The minimum Gasteiger partial charge on any atom is -0.467 e. The molecule has 0 spiro atoms. The predicted octanol–water partition coefficient (Wildman–Crippen LogP) is 2.07. The van der Waals surface area contributed by atoms with Gasteiger partial charge in [0.05, 0.1) is 12.6 Å². The van der Waals surface area contributed by atoms with Gasteiger partial charge in [0.1, 0.15) is 5.82 Å². The fourth-order valence-electron chi connectivity index (χ4n) is 3.77. The molecule has 2 aromatic rings. The molecule has 1 aromatic carbocycles. The van der Waals surface area contributed by atoms with Crippen LogP contribution >= 0.6 is 0 Å². The molecule has 1 saturated heterocycles. The van der Waals surface area contributed by atoms with Crippen molar-refractivity contribution >= 4 is 22.7 Å². The van der Waals surface area contributed by atoms with Crippen molar-refractivity contribution in [3.8, 4) is 0 Å². The summed E-state index contributed by atoms with van der Waals surface area (Å²) in [6.07, 6.45) is 1.12. The number of nitrogens with one attached hydrogen (secondary N) is 1. The second kappa shape index (κ2) is 4.49. The SMILES string of the molecule is COC(=O)C(O)c1cccc2c3c([nH]c12)N1CCC3CC1. The Morgan fingerprint density at radius 3 is 2.90 bits per heavy atom. The van der Waals surface area contributed by atoms with E-state index >= 15 is 0 Å². The highest BCUT2D eigenvalue weighted by Crippen LogP contribution is 2.46. The molecular formula is C16H18N2O3. The Morgan fingerprint density at radius 2 is 2.19 bits per heavy atom. The Bertz CT molecular complexity index is 714. The van der Waals surface area contributed by atoms with E-state index < -0.39 is 12.1 Å². The third kappa shape index (κ3) is 1.70. The molecule has 5 nitrogen and oxygen atoms in total. The van der Waals surface area contributed by atoms with E-state index in [9.17, 15) is 9.90 Å². The number of anilines is 1. The summed E-state index contributed by atoms with van der Waals surface area (Å²) in [6.45, 7) is 2.17. The first-order valence-corrected chi connectivity index (χ1v) is 7.36. The van der Waals surface area contributed by atoms with E-state index in [0.29, 0.717) is 11.5 Å². The lowest BCUT2D eigenvalue weighted by Crippen LogP contribution is -2.38. The number of benzene rings is 1. The number of aliphatic hydroxyl groups is 1. The zero-order chi connectivity index (χ0) is 14.6. The highest BCUT2D eigenvalue weighted by molar-refractivity contribution is 5.95. The molecule has 1 aromatic heterocycles. The molecular weight excluding hydrogens is 268 g/mol. The number of methoxy groups -OCH3 is 1. The van der Waals surface area contributed by atoms with Gasteiger partial charge in [-0.1, -0.05) is 18.2 Å². The molecule has 1 atom stereocenters. The molecule has 0 amide bonds. The van der Waals surface area contributed by atoms with E-state index in [-0.39, 0.29) is 0 Å². The molecule has 1 fully saturated rings. The summed E-state index contributed by atoms with van der Waals surface area (Å²) in [7, 11) is 1.29. The fourth-order valence-corrected chi connectivity index (χ4v) is 3.77. The molecule has 0 radical (unpaired) electrons. The molecule has 1 unspecified atom stereocenters. The maximum atomic E-state index is 11.6. The van der Waals surface area contributed by atoms with Crippen molar-refractivity contribution in [2.24, 2.45) is 0 Å². The normalized spacial score (nSPS) is 18.9. The van der Waals surface area contributed by atoms with Gasteiger partial charge >= 0.3 is 5.97 Å². The van der Waals surface area contributed by atoms with E-state index in [1.165, 1.54) is 25.5 Å². The average molecular weight is 286 g/mol. The predicted molar refractivity (Wildman–Crippen MR) is 79.5 cm³/mol. The van der Waals surface area contributed by atoms with Gasteiger partial charge in [-0.05, 0) is 18.8 Å². The number of hydrogen-bond acceptors (Lipinski definition) is 4. The number of para-hydroxylation sites is 1. The second-order valence-electron chi connectivity index (χ2n) is 5.84. The van der Waals surface area contributed by atoms with Gasteiger partial charge in [-0.3, -0.25) is 0 Å². The number of nitrogens with zero attached hydrogens (tertiary/aromatic N) is 1. The van der Waals surface area contributed by atoms with Gasteiger partial charge in [0.2, 0.25) is 0 Å². The van der Waals surface area contributed by atoms with Gasteiger partial charge in [-0.15, -0.1) is 0 Å². The van der Waals surface area contributed by atoms with E-state index in [1.54, 1.807) is 6.07 Å². The lowest BCUT2D eigenvalue weighted by atomic mass is 9.84. The maximum absolute atomic E-state index is 11.6. The molecule has 4 heterocycles. The van der Waals surface area contributed by atoms with Crippen LogP contribution in [-0.2, 0) is 9.53 Å². The summed E-state index contributed by atoms with van der Waals surface area (Å²) in [5, 5.41) is 11.3. The van der Waals surface area contributed by atoms with E-state index in [1.807, 2.05) is 6.07 Å². The summed E-state index contributed by atoms with van der Waals surface area (Å²) >= 11 is 0. The average Bonchev–Trinajstić information content (AvgIpc) is 2.96. The zero-order valence-corrected chi connectivity index (χ0v) is 11.9. The van der Waals surface area contributed by atoms with Crippen molar-refractivity contribution in [3.63, 3.8) is 0 Å². The Kier molecular flexibility index (Phi) is 2.72. The number of H-pyrrole nitrogens is 1. The molecule has 110 valence electrons. The van der Waals surface area contributed by atoms with Crippen LogP contribution in [0.1, 0.15) is 36.0 Å². The second-order valence-corrected chi connectivity index (χ2v) is 5.84. The number of piperidine rings is 1. The minimum absolute atomic E-state index is 0.587. The fraction of sp³-hybridized carbons (Fsp3) is 0.438. The van der Waals surface area contributed by atoms with Crippen LogP contribution in [0.4, 0.5) is 5.82 Å². The lowest BCUT2D eigenvalue weighted by molar-refractivity contribution is -0.150. The van der Waals surface area contributed by atoms with Crippen molar-refractivity contribution in [3.05, 3.63) is 29.3 Å². The molecule has 2 N–H and O–H groups in total. The Labute approximate surface area is 122 Å². The largest absolute Gasteiger partial charge is 0.467 e. The first-order chi connectivity index (χ1) is 10.2. The molecule has 0 aliphatic carbocycles. The number of aromatic nitrogens is 1. The van der Waals surface area contributed by atoms with Gasteiger partial charge in [0.15, 0.2) is 6.10 Å². The van der Waals surface area contributed by atoms with Gasteiger partial charge in [0, 0.05) is 29.6 Å². The minimum atomic E-state index is -1.24. The molecule has 3 aliphatic heterocycles. The third-order valence-electron chi connectivity index (χ3n) is 4.82. The topological polar surface area (TPSA) is 65.6 Å². The molecule has 3 aliphatic rings. The standard InChI is InChI=1S/C16H18N2O3/c1-21-16(20)14(19)11-4-2-3-10-12-9-5-7-18(8-6-9)15(12)17-13(10)11/h2-4,9,14,17,19H,5-8H2,1H3. The van der Waals surface area contributed by atoms with E-state index in [4.69, 9.17) is 0 Å². The monoisotopic (exact) mass is 286 g/mol. The lowest BCUT2D eigenvalue weighted by Gasteiger charge is -2.40. The van der Waals surface area contributed by atoms with Crippen LogP contribution in [0.15, 0.2) is 18.2 Å². The van der Waals surface area contributed by atoms with Crippen LogP contribution in [0, 0.1) is 0 Å². The number of ether oxygens (including phenoxy) is 1.